The Morgan fingerprint density at radius 1 is 1.07 bits per heavy atom. The first-order valence-electron chi connectivity index (χ1n) is 10.7. The van der Waals surface area contributed by atoms with Gasteiger partial charge in [0.05, 0.1) is 19.8 Å². The van der Waals surface area contributed by atoms with Crippen molar-refractivity contribution in [2.45, 2.75) is 50.5 Å². The number of ether oxygens (including phenoxy) is 2. The fourth-order valence-electron chi connectivity index (χ4n) is 6.68. The average molecular weight is 412 g/mol. The first-order chi connectivity index (χ1) is 14.1. The highest BCUT2D eigenvalue weighted by atomic mass is 32.1. The normalized spacial score (nSPS) is 29.7. The SMILES string of the molecule is COC(=O)c1csc(CNc2ccc(OC)cc2)c1C12CC3CC(CC(C3)C1)C2. The Hall–Kier alpha value is -2.01. The minimum absolute atomic E-state index is 0.176. The van der Waals surface area contributed by atoms with E-state index in [9.17, 15) is 4.79 Å². The summed E-state index contributed by atoms with van der Waals surface area (Å²) >= 11 is 1.71. The third-order valence-electron chi connectivity index (χ3n) is 7.38. The van der Waals surface area contributed by atoms with Gasteiger partial charge < -0.3 is 14.8 Å². The molecule has 6 rings (SSSR count). The van der Waals surface area contributed by atoms with Gasteiger partial charge in [-0.15, -0.1) is 11.3 Å². The number of hydrogen-bond donors (Lipinski definition) is 1. The van der Waals surface area contributed by atoms with E-state index in [2.05, 4.69) is 5.32 Å². The van der Waals surface area contributed by atoms with Crippen LogP contribution in [0.1, 0.15) is 59.3 Å². The zero-order valence-electron chi connectivity index (χ0n) is 17.2. The lowest BCUT2D eigenvalue weighted by atomic mass is 9.47. The van der Waals surface area contributed by atoms with E-state index in [4.69, 9.17) is 9.47 Å². The molecule has 1 heterocycles. The molecule has 1 aromatic heterocycles. The van der Waals surface area contributed by atoms with E-state index in [1.165, 1.54) is 56.1 Å². The number of nitrogens with one attached hydrogen (secondary N) is 1. The maximum atomic E-state index is 12.6. The summed E-state index contributed by atoms with van der Waals surface area (Å²) in [6.45, 7) is 0.741. The Morgan fingerprint density at radius 2 is 1.69 bits per heavy atom. The van der Waals surface area contributed by atoms with Gasteiger partial charge in [-0.2, -0.15) is 0 Å². The molecule has 0 radical (unpaired) electrons. The number of rotatable bonds is 6. The molecule has 4 aliphatic carbocycles. The molecular weight excluding hydrogens is 382 g/mol. The monoisotopic (exact) mass is 411 g/mol. The van der Waals surface area contributed by atoms with Crippen molar-refractivity contribution in [2.24, 2.45) is 17.8 Å². The fourth-order valence-corrected chi connectivity index (χ4v) is 7.75. The molecule has 154 valence electrons. The number of thiophene rings is 1. The summed E-state index contributed by atoms with van der Waals surface area (Å²) in [4.78, 5) is 13.9. The molecule has 0 unspecified atom stereocenters. The second-order valence-electron chi connectivity index (χ2n) is 9.22. The van der Waals surface area contributed by atoms with E-state index in [1.54, 1.807) is 18.4 Å². The van der Waals surface area contributed by atoms with Crippen molar-refractivity contribution in [3.05, 3.63) is 45.6 Å². The predicted octanol–water partition coefficient (Wildman–Crippen LogP) is 5.62. The van der Waals surface area contributed by atoms with Crippen LogP contribution in [0.4, 0.5) is 5.69 Å². The standard InChI is InChI=1S/C24H29NO3S/c1-27-19-5-3-18(4-6-19)25-13-21-22(20(14-29-21)23(26)28-2)24-10-15-7-16(11-24)9-17(8-15)12-24/h3-6,14-17,25H,7-13H2,1-2H3. The molecule has 4 aliphatic rings. The van der Waals surface area contributed by atoms with Gasteiger partial charge in [0.25, 0.3) is 0 Å². The molecule has 4 fully saturated rings. The van der Waals surface area contributed by atoms with Crippen LogP contribution in [0.2, 0.25) is 0 Å². The van der Waals surface area contributed by atoms with Crippen molar-refractivity contribution in [1.29, 1.82) is 0 Å². The predicted molar refractivity (Wildman–Crippen MR) is 116 cm³/mol. The van der Waals surface area contributed by atoms with Gasteiger partial charge in [0, 0.05) is 22.5 Å². The minimum atomic E-state index is -0.178. The lowest BCUT2D eigenvalue weighted by Crippen LogP contribution is -2.49. The molecular formula is C24H29NO3S. The molecule has 4 nitrogen and oxygen atoms in total. The van der Waals surface area contributed by atoms with E-state index >= 15 is 0 Å². The molecule has 4 saturated carbocycles. The van der Waals surface area contributed by atoms with Crippen molar-refractivity contribution < 1.29 is 14.3 Å². The Balaban J connectivity index is 1.46. The molecule has 1 aromatic carbocycles. The largest absolute Gasteiger partial charge is 0.497 e. The van der Waals surface area contributed by atoms with E-state index in [1.807, 2.05) is 29.6 Å². The molecule has 1 N–H and O–H groups in total. The third kappa shape index (κ3) is 3.33. The van der Waals surface area contributed by atoms with Crippen LogP contribution >= 0.6 is 11.3 Å². The second-order valence-corrected chi connectivity index (χ2v) is 10.2. The summed E-state index contributed by atoms with van der Waals surface area (Å²) in [5.41, 5.74) is 3.35. The van der Waals surface area contributed by atoms with E-state index in [0.29, 0.717) is 0 Å². The lowest BCUT2D eigenvalue weighted by Gasteiger charge is -2.57. The van der Waals surface area contributed by atoms with Crippen molar-refractivity contribution in [2.75, 3.05) is 19.5 Å². The van der Waals surface area contributed by atoms with Gasteiger partial charge in [-0.3, -0.25) is 0 Å². The van der Waals surface area contributed by atoms with E-state index in [-0.39, 0.29) is 11.4 Å². The van der Waals surface area contributed by atoms with E-state index < -0.39 is 0 Å². The molecule has 0 saturated heterocycles. The third-order valence-corrected chi connectivity index (χ3v) is 8.37. The van der Waals surface area contributed by atoms with Crippen LogP contribution < -0.4 is 10.1 Å². The summed E-state index contributed by atoms with van der Waals surface area (Å²) in [5, 5.41) is 5.59. The quantitative estimate of drug-likeness (QED) is 0.627. The molecule has 0 atom stereocenters. The van der Waals surface area contributed by atoms with Gasteiger partial charge in [-0.1, -0.05) is 0 Å². The molecule has 5 heteroatoms. The van der Waals surface area contributed by atoms with Gasteiger partial charge in [-0.25, -0.2) is 4.79 Å². The summed E-state index contributed by atoms with van der Waals surface area (Å²) in [7, 11) is 3.18. The smallest absolute Gasteiger partial charge is 0.339 e. The first kappa shape index (κ1) is 19.0. The van der Waals surface area contributed by atoms with Crippen molar-refractivity contribution in [1.82, 2.24) is 0 Å². The molecule has 0 amide bonds. The van der Waals surface area contributed by atoms with Gasteiger partial charge in [0.15, 0.2) is 0 Å². The molecule has 29 heavy (non-hydrogen) atoms. The number of hydrogen-bond acceptors (Lipinski definition) is 5. The fraction of sp³-hybridized carbons (Fsp3) is 0.542. The highest BCUT2D eigenvalue weighted by Gasteiger charge is 2.53. The lowest BCUT2D eigenvalue weighted by molar-refractivity contribution is -0.00604. The average Bonchev–Trinajstić information content (AvgIpc) is 3.16. The Bertz CT molecular complexity index is 866. The van der Waals surface area contributed by atoms with Crippen LogP contribution in [0, 0.1) is 17.8 Å². The molecule has 0 spiro atoms. The number of carbonyl (C=O) groups excluding carboxylic acids is 1. The van der Waals surface area contributed by atoms with Crippen molar-refractivity contribution >= 4 is 23.0 Å². The Kier molecular flexibility index (Phi) is 4.81. The first-order valence-corrected chi connectivity index (χ1v) is 11.6. The Labute approximate surface area is 176 Å². The maximum Gasteiger partial charge on any atom is 0.339 e. The molecule has 0 aliphatic heterocycles. The number of benzene rings is 1. The van der Waals surface area contributed by atoms with Crippen LogP contribution in [0.25, 0.3) is 0 Å². The van der Waals surface area contributed by atoms with Crippen molar-refractivity contribution in [3.8, 4) is 5.75 Å². The van der Waals surface area contributed by atoms with Crippen LogP contribution in [-0.2, 0) is 16.7 Å². The van der Waals surface area contributed by atoms with Crippen LogP contribution in [0.3, 0.4) is 0 Å². The summed E-state index contributed by atoms with van der Waals surface area (Å²) in [5.74, 6) is 3.20. The second kappa shape index (κ2) is 7.35. The van der Waals surface area contributed by atoms with E-state index in [0.717, 1.165) is 41.3 Å². The van der Waals surface area contributed by atoms with Gasteiger partial charge in [-0.05, 0) is 91.5 Å². The minimum Gasteiger partial charge on any atom is -0.497 e. The Morgan fingerprint density at radius 3 is 2.24 bits per heavy atom. The summed E-state index contributed by atoms with van der Waals surface area (Å²) in [6.07, 6.45) is 7.93. The molecule has 2 aromatic rings. The summed E-state index contributed by atoms with van der Waals surface area (Å²) in [6, 6.07) is 8.02. The summed E-state index contributed by atoms with van der Waals surface area (Å²) < 4.78 is 10.4. The van der Waals surface area contributed by atoms with Gasteiger partial charge >= 0.3 is 5.97 Å². The van der Waals surface area contributed by atoms with Crippen LogP contribution in [0.15, 0.2) is 29.6 Å². The number of anilines is 1. The number of carbonyl (C=O) groups is 1. The zero-order chi connectivity index (χ0) is 20.0. The number of esters is 1. The maximum absolute atomic E-state index is 12.6. The zero-order valence-corrected chi connectivity index (χ0v) is 18.0. The molecule has 4 bridgehead atoms. The highest BCUT2D eigenvalue weighted by molar-refractivity contribution is 7.10. The highest BCUT2D eigenvalue weighted by Crippen LogP contribution is 2.62. The van der Waals surface area contributed by atoms with Crippen LogP contribution in [-0.4, -0.2) is 20.2 Å². The topological polar surface area (TPSA) is 47.6 Å². The number of methoxy groups -OCH3 is 2. The van der Waals surface area contributed by atoms with Crippen LogP contribution in [0.5, 0.6) is 5.75 Å². The van der Waals surface area contributed by atoms with Gasteiger partial charge in [0.1, 0.15) is 5.75 Å². The van der Waals surface area contributed by atoms with Crippen molar-refractivity contribution in [3.63, 3.8) is 0 Å². The van der Waals surface area contributed by atoms with Gasteiger partial charge in [0.2, 0.25) is 0 Å².